The van der Waals surface area contributed by atoms with E-state index in [1.54, 1.807) is 0 Å². The zero-order chi connectivity index (χ0) is 12.3. The van der Waals surface area contributed by atoms with E-state index in [0.717, 1.165) is 12.1 Å². The Labute approximate surface area is 111 Å². The molecule has 2 rings (SSSR count). The molecule has 0 radical (unpaired) electrons. The molecule has 1 unspecified atom stereocenters. The highest BCUT2D eigenvalue weighted by Crippen LogP contribution is 2.14. The van der Waals surface area contributed by atoms with E-state index >= 15 is 0 Å². The van der Waals surface area contributed by atoms with Gasteiger partial charge in [0.15, 0.2) is 0 Å². The van der Waals surface area contributed by atoms with Gasteiger partial charge in [0.1, 0.15) is 11.6 Å². The molecule has 0 amide bonds. The monoisotopic (exact) mass is 278 g/mol. The maximum Gasteiger partial charge on any atom is 0.127 e. The Bertz CT molecular complexity index is 392. The minimum atomic E-state index is -0.412. The fourth-order valence-electron chi connectivity index (χ4n) is 1.97. The van der Waals surface area contributed by atoms with Gasteiger partial charge in [0.25, 0.3) is 0 Å². The summed E-state index contributed by atoms with van der Waals surface area (Å²) in [5.41, 5.74) is 5.90. The number of nitrogens with zero attached hydrogens (tertiary/aromatic N) is 1. The van der Waals surface area contributed by atoms with Crippen molar-refractivity contribution in [1.82, 2.24) is 4.90 Å². The first-order chi connectivity index (χ1) is 8.19. The molecule has 2 N–H and O–H groups in total. The van der Waals surface area contributed by atoms with Crippen LogP contribution in [0.2, 0.25) is 0 Å². The smallest absolute Gasteiger partial charge is 0.127 e. The Morgan fingerprint density at radius 2 is 2.17 bits per heavy atom. The summed E-state index contributed by atoms with van der Waals surface area (Å²) in [6.45, 7) is 2.79. The topological polar surface area (TPSA) is 38.5 Å². The van der Waals surface area contributed by atoms with Gasteiger partial charge in [-0.05, 0) is 18.2 Å². The fourth-order valence-corrected chi connectivity index (χ4v) is 1.97. The highest BCUT2D eigenvalue weighted by Gasteiger charge is 2.20. The largest absolute Gasteiger partial charge is 0.374 e. The Morgan fingerprint density at radius 3 is 2.89 bits per heavy atom. The Morgan fingerprint density at radius 1 is 1.39 bits per heavy atom. The van der Waals surface area contributed by atoms with Crippen molar-refractivity contribution in [2.45, 2.75) is 12.6 Å². The van der Waals surface area contributed by atoms with Crippen LogP contribution in [0.4, 0.5) is 8.78 Å². The van der Waals surface area contributed by atoms with Crippen LogP contribution < -0.4 is 5.73 Å². The highest BCUT2D eigenvalue weighted by atomic mass is 35.5. The zero-order valence-corrected chi connectivity index (χ0v) is 10.8. The summed E-state index contributed by atoms with van der Waals surface area (Å²) in [4.78, 5) is 2.03. The minimum Gasteiger partial charge on any atom is -0.374 e. The third-order valence-electron chi connectivity index (χ3n) is 2.89. The van der Waals surface area contributed by atoms with Crippen molar-refractivity contribution in [3.05, 3.63) is 35.4 Å². The molecule has 0 aliphatic carbocycles. The molecule has 1 atom stereocenters. The van der Waals surface area contributed by atoms with Crippen LogP contribution in [0, 0.1) is 11.6 Å². The summed E-state index contributed by atoms with van der Waals surface area (Å²) >= 11 is 0. The summed E-state index contributed by atoms with van der Waals surface area (Å²) in [6.07, 6.45) is -0.0135. The van der Waals surface area contributed by atoms with Crippen LogP contribution in [-0.2, 0) is 11.3 Å². The number of hydrogen-bond acceptors (Lipinski definition) is 3. The molecule has 0 aromatic heterocycles. The zero-order valence-electron chi connectivity index (χ0n) is 9.94. The van der Waals surface area contributed by atoms with Crippen LogP contribution in [0.5, 0.6) is 0 Å². The van der Waals surface area contributed by atoms with Gasteiger partial charge in [-0.25, -0.2) is 8.78 Å². The molecule has 0 saturated carbocycles. The predicted molar refractivity (Wildman–Crippen MR) is 67.7 cm³/mol. The SMILES string of the molecule is Cl.NCC1CN(Cc2cc(F)ccc2F)CCO1. The summed E-state index contributed by atoms with van der Waals surface area (Å²) in [5.74, 6) is -0.785. The van der Waals surface area contributed by atoms with Crippen LogP contribution in [0.1, 0.15) is 5.56 Å². The third-order valence-corrected chi connectivity index (χ3v) is 2.89. The van der Waals surface area contributed by atoms with E-state index < -0.39 is 5.82 Å². The lowest BCUT2D eigenvalue weighted by molar-refractivity contribution is -0.0263. The number of hydrogen-bond donors (Lipinski definition) is 1. The van der Waals surface area contributed by atoms with Gasteiger partial charge in [-0.2, -0.15) is 0 Å². The fraction of sp³-hybridized carbons (Fsp3) is 0.500. The van der Waals surface area contributed by atoms with Crippen LogP contribution in [0.15, 0.2) is 18.2 Å². The quantitative estimate of drug-likeness (QED) is 0.912. The molecule has 18 heavy (non-hydrogen) atoms. The second-order valence-corrected chi connectivity index (χ2v) is 4.20. The van der Waals surface area contributed by atoms with Gasteiger partial charge in [-0.1, -0.05) is 0 Å². The average molecular weight is 279 g/mol. The maximum absolute atomic E-state index is 13.5. The lowest BCUT2D eigenvalue weighted by atomic mass is 10.1. The Hall–Kier alpha value is -0.750. The van der Waals surface area contributed by atoms with Crippen LogP contribution >= 0.6 is 12.4 Å². The van der Waals surface area contributed by atoms with Gasteiger partial charge in [-0.3, -0.25) is 4.90 Å². The van der Waals surface area contributed by atoms with Crippen molar-refractivity contribution in [3.63, 3.8) is 0 Å². The third kappa shape index (κ3) is 3.88. The second-order valence-electron chi connectivity index (χ2n) is 4.20. The van der Waals surface area contributed by atoms with Crippen molar-refractivity contribution < 1.29 is 13.5 Å². The first-order valence-corrected chi connectivity index (χ1v) is 5.67. The van der Waals surface area contributed by atoms with Crippen molar-refractivity contribution in [2.75, 3.05) is 26.2 Å². The minimum absolute atomic E-state index is 0. The maximum atomic E-state index is 13.5. The molecule has 1 aromatic rings. The summed E-state index contributed by atoms with van der Waals surface area (Å²) in [6, 6.07) is 3.52. The Kier molecular flexibility index (Phi) is 5.95. The van der Waals surface area contributed by atoms with Gasteiger partial charge in [0.05, 0.1) is 12.7 Å². The molecule has 1 aliphatic heterocycles. The van der Waals surface area contributed by atoms with E-state index in [-0.39, 0.29) is 24.3 Å². The van der Waals surface area contributed by atoms with Crippen LogP contribution in [0.3, 0.4) is 0 Å². The van der Waals surface area contributed by atoms with Gasteiger partial charge in [0, 0.05) is 31.7 Å². The molecule has 1 aliphatic rings. The van der Waals surface area contributed by atoms with Gasteiger partial charge >= 0.3 is 0 Å². The predicted octanol–water partition coefficient (Wildman–Crippen LogP) is 1.55. The van der Waals surface area contributed by atoms with Crippen molar-refractivity contribution in [1.29, 1.82) is 0 Å². The van der Waals surface area contributed by atoms with Gasteiger partial charge in [-0.15, -0.1) is 12.4 Å². The molecule has 6 heteroatoms. The number of ether oxygens (including phenoxy) is 1. The second kappa shape index (κ2) is 6.99. The molecule has 0 bridgehead atoms. The highest BCUT2D eigenvalue weighted by molar-refractivity contribution is 5.85. The molecule has 1 fully saturated rings. The van der Waals surface area contributed by atoms with E-state index in [1.165, 1.54) is 6.07 Å². The van der Waals surface area contributed by atoms with Crippen LogP contribution in [-0.4, -0.2) is 37.2 Å². The first kappa shape index (κ1) is 15.3. The average Bonchev–Trinajstić information content (AvgIpc) is 2.34. The molecule has 1 heterocycles. The molecular weight excluding hydrogens is 262 g/mol. The van der Waals surface area contributed by atoms with Gasteiger partial charge < -0.3 is 10.5 Å². The number of halogens is 3. The van der Waals surface area contributed by atoms with E-state index in [0.29, 0.717) is 38.3 Å². The van der Waals surface area contributed by atoms with Crippen molar-refractivity contribution >= 4 is 12.4 Å². The van der Waals surface area contributed by atoms with E-state index in [1.807, 2.05) is 4.90 Å². The Balaban J connectivity index is 0.00000162. The van der Waals surface area contributed by atoms with Gasteiger partial charge in [0.2, 0.25) is 0 Å². The molecule has 0 spiro atoms. The number of nitrogens with two attached hydrogens (primary N) is 1. The number of morpholine rings is 1. The standard InChI is InChI=1S/C12H16F2N2O.ClH/c13-10-1-2-12(14)9(5-10)7-16-3-4-17-11(6-15)8-16;/h1-2,5,11H,3-4,6-8,15H2;1H. The summed E-state index contributed by atoms with van der Waals surface area (Å²) < 4.78 is 31.9. The lowest BCUT2D eigenvalue weighted by Gasteiger charge is -2.32. The molecule has 102 valence electrons. The summed E-state index contributed by atoms with van der Waals surface area (Å²) in [5, 5.41) is 0. The van der Waals surface area contributed by atoms with E-state index in [4.69, 9.17) is 10.5 Å². The summed E-state index contributed by atoms with van der Waals surface area (Å²) in [7, 11) is 0. The normalized spacial score (nSPS) is 20.5. The molecule has 3 nitrogen and oxygen atoms in total. The number of rotatable bonds is 3. The molecular formula is C12H17ClF2N2O. The van der Waals surface area contributed by atoms with Crippen LogP contribution in [0.25, 0.3) is 0 Å². The molecule has 1 aromatic carbocycles. The van der Waals surface area contributed by atoms with E-state index in [2.05, 4.69) is 0 Å². The van der Waals surface area contributed by atoms with Crippen molar-refractivity contribution in [3.8, 4) is 0 Å². The number of benzene rings is 1. The first-order valence-electron chi connectivity index (χ1n) is 5.67. The lowest BCUT2D eigenvalue weighted by Crippen LogP contribution is -2.45. The van der Waals surface area contributed by atoms with E-state index in [9.17, 15) is 8.78 Å². The molecule has 1 saturated heterocycles. The van der Waals surface area contributed by atoms with Crippen molar-refractivity contribution in [2.24, 2.45) is 5.73 Å².